The van der Waals surface area contributed by atoms with Crippen LogP contribution < -0.4 is 0 Å². The van der Waals surface area contributed by atoms with E-state index in [4.69, 9.17) is 5.26 Å². The van der Waals surface area contributed by atoms with Crippen LogP contribution in [-0.4, -0.2) is 4.98 Å². The summed E-state index contributed by atoms with van der Waals surface area (Å²) in [6.07, 6.45) is 0.469. The SMILES string of the molecule is CC(C)c1nc(-c2cccs2)sc1CC#N. The van der Waals surface area contributed by atoms with E-state index in [-0.39, 0.29) is 0 Å². The molecule has 0 radical (unpaired) electrons. The van der Waals surface area contributed by atoms with Gasteiger partial charge in [0.15, 0.2) is 0 Å². The molecule has 4 heteroatoms. The highest BCUT2D eigenvalue weighted by atomic mass is 32.1. The predicted molar refractivity (Wildman–Crippen MR) is 68.8 cm³/mol. The zero-order chi connectivity index (χ0) is 11.5. The Morgan fingerprint density at radius 2 is 2.31 bits per heavy atom. The van der Waals surface area contributed by atoms with E-state index in [2.05, 4.69) is 36.3 Å². The Balaban J connectivity index is 2.43. The van der Waals surface area contributed by atoms with Crippen LogP contribution in [0.2, 0.25) is 0 Å². The van der Waals surface area contributed by atoms with Crippen LogP contribution >= 0.6 is 22.7 Å². The van der Waals surface area contributed by atoms with Crippen molar-refractivity contribution in [1.82, 2.24) is 4.98 Å². The first kappa shape index (κ1) is 11.3. The van der Waals surface area contributed by atoms with Crippen LogP contribution in [0, 0.1) is 11.3 Å². The third-order valence-electron chi connectivity index (χ3n) is 2.25. The van der Waals surface area contributed by atoms with Crippen molar-refractivity contribution in [3.63, 3.8) is 0 Å². The molecule has 2 aromatic heterocycles. The van der Waals surface area contributed by atoms with Gasteiger partial charge >= 0.3 is 0 Å². The maximum absolute atomic E-state index is 8.80. The van der Waals surface area contributed by atoms with E-state index < -0.39 is 0 Å². The monoisotopic (exact) mass is 248 g/mol. The van der Waals surface area contributed by atoms with Crippen LogP contribution in [0.1, 0.15) is 30.3 Å². The lowest BCUT2D eigenvalue weighted by atomic mass is 10.1. The lowest BCUT2D eigenvalue weighted by Crippen LogP contribution is -1.92. The lowest BCUT2D eigenvalue weighted by Gasteiger charge is -2.00. The van der Waals surface area contributed by atoms with Gasteiger partial charge in [-0.25, -0.2) is 4.98 Å². The average Bonchev–Trinajstić information content (AvgIpc) is 2.83. The van der Waals surface area contributed by atoms with Gasteiger partial charge in [0, 0.05) is 4.88 Å². The minimum Gasteiger partial charge on any atom is -0.240 e. The Labute approximate surface area is 103 Å². The van der Waals surface area contributed by atoms with Crippen LogP contribution in [0.5, 0.6) is 0 Å². The van der Waals surface area contributed by atoms with E-state index in [0.29, 0.717) is 12.3 Å². The predicted octanol–water partition coefficient (Wildman–Crippen LogP) is 4.06. The van der Waals surface area contributed by atoms with Gasteiger partial charge in [-0.05, 0) is 17.4 Å². The number of hydrogen-bond acceptors (Lipinski definition) is 4. The van der Waals surface area contributed by atoms with Crippen molar-refractivity contribution >= 4 is 22.7 Å². The molecule has 0 bridgehead atoms. The molecule has 0 N–H and O–H groups in total. The van der Waals surface area contributed by atoms with E-state index in [9.17, 15) is 0 Å². The summed E-state index contributed by atoms with van der Waals surface area (Å²) in [6.45, 7) is 4.24. The van der Waals surface area contributed by atoms with E-state index in [0.717, 1.165) is 15.6 Å². The molecular formula is C12H12N2S2. The summed E-state index contributed by atoms with van der Waals surface area (Å²) >= 11 is 3.34. The molecule has 16 heavy (non-hydrogen) atoms. The first-order chi connectivity index (χ1) is 7.72. The molecule has 0 atom stereocenters. The number of thiazole rings is 1. The number of nitrogens with zero attached hydrogens (tertiary/aromatic N) is 2. The highest BCUT2D eigenvalue weighted by Crippen LogP contribution is 2.34. The van der Waals surface area contributed by atoms with Crippen molar-refractivity contribution in [3.8, 4) is 16.0 Å². The first-order valence-electron chi connectivity index (χ1n) is 5.12. The van der Waals surface area contributed by atoms with Crippen molar-refractivity contribution in [2.45, 2.75) is 26.2 Å². The van der Waals surface area contributed by atoms with Gasteiger partial charge in [-0.2, -0.15) is 5.26 Å². The van der Waals surface area contributed by atoms with Crippen molar-refractivity contribution < 1.29 is 0 Å². The normalized spacial score (nSPS) is 10.6. The van der Waals surface area contributed by atoms with Gasteiger partial charge < -0.3 is 0 Å². The van der Waals surface area contributed by atoms with E-state index in [1.165, 1.54) is 4.88 Å². The zero-order valence-corrected chi connectivity index (χ0v) is 10.9. The fourth-order valence-corrected chi connectivity index (χ4v) is 3.46. The highest BCUT2D eigenvalue weighted by Gasteiger charge is 2.15. The third-order valence-corrected chi connectivity index (χ3v) is 4.36. The second kappa shape index (κ2) is 4.77. The number of aromatic nitrogens is 1. The largest absolute Gasteiger partial charge is 0.240 e. The molecule has 2 aromatic rings. The maximum Gasteiger partial charge on any atom is 0.133 e. The van der Waals surface area contributed by atoms with Gasteiger partial charge in [-0.1, -0.05) is 19.9 Å². The summed E-state index contributed by atoms with van der Waals surface area (Å²) in [4.78, 5) is 6.95. The summed E-state index contributed by atoms with van der Waals surface area (Å²) in [5, 5.41) is 11.9. The van der Waals surface area contributed by atoms with Gasteiger partial charge in [0.1, 0.15) is 5.01 Å². The van der Waals surface area contributed by atoms with Gasteiger partial charge in [0.2, 0.25) is 0 Å². The topological polar surface area (TPSA) is 36.7 Å². The fraction of sp³-hybridized carbons (Fsp3) is 0.333. The summed E-state index contributed by atoms with van der Waals surface area (Å²) in [5.41, 5.74) is 1.08. The fourth-order valence-electron chi connectivity index (χ4n) is 1.52. The van der Waals surface area contributed by atoms with Gasteiger partial charge in [-0.3, -0.25) is 0 Å². The molecule has 0 aliphatic heterocycles. The van der Waals surface area contributed by atoms with Gasteiger partial charge in [-0.15, -0.1) is 22.7 Å². The summed E-state index contributed by atoms with van der Waals surface area (Å²) in [7, 11) is 0. The molecule has 0 amide bonds. The van der Waals surface area contributed by atoms with Crippen molar-refractivity contribution in [3.05, 3.63) is 28.1 Å². The molecule has 0 aliphatic carbocycles. The van der Waals surface area contributed by atoms with E-state index in [1.807, 2.05) is 6.07 Å². The minimum atomic E-state index is 0.383. The van der Waals surface area contributed by atoms with Crippen LogP contribution in [0.4, 0.5) is 0 Å². The molecule has 2 nitrogen and oxygen atoms in total. The Hall–Kier alpha value is -1.18. The smallest absolute Gasteiger partial charge is 0.133 e. The van der Waals surface area contributed by atoms with Crippen LogP contribution in [-0.2, 0) is 6.42 Å². The Kier molecular flexibility index (Phi) is 3.37. The number of rotatable bonds is 3. The lowest BCUT2D eigenvalue weighted by molar-refractivity contribution is 0.822. The van der Waals surface area contributed by atoms with Crippen molar-refractivity contribution in [1.29, 1.82) is 5.26 Å². The minimum absolute atomic E-state index is 0.383. The van der Waals surface area contributed by atoms with Gasteiger partial charge in [0.25, 0.3) is 0 Å². The Morgan fingerprint density at radius 1 is 1.50 bits per heavy atom. The molecule has 0 spiro atoms. The molecule has 0 unspecified atom stereocenters. The molecular weight excluding hydrogens is 236 g/mol. The van der Waals surface area contributed by atoms with Crippen LogP contribution in [0.3, 0.4) is 0 Å². The zero-order valence-electron chi connectivity index (χ0n) is 9.23. The second-order valence-electron chi connectivity index (χ2n) is 3.79. The van der Waals surface area contributed by atoms with Crippen molar-refractivity contribution in [2.75, 3.05) is 0 Å². The standard InChI is InChI=1S/C12H12N2S2/c1-8(2)11-9(5-6-13)16-12(14-11)10-4-3-7-15-10/h3-4,7-8H,5H2,1-2H3. The molecule has 0 fully saturated rings. The van der Waals surface area contributed by atoms with Crippen LogP contribution in [0.25, 0.3) is 9.88 Å². The quantitative estimate of drug-likeness (QED) is 0.821. The molecule has 0 aliphatic rings. The molecule has 0 saturated carbocycles. The maximum atomic E-state index is 8.80. The molecule has 2 heterocycles. The van der Waals surface area contributed by atoms with E-state index in [1.54, 1.807) is 22.7 Å². The average molecular weight is 248 g/mol. The summed E-state index contributed by atoms with van der Waals surface area (Å²) in [6, 6.07) is 6.31. The second-order valence-corrected chi connectivity index (χ2v) is 5.83. The molecule has 82 valence electrons. The van der Waals surface area contributed by atoms with Gasteiger partial charge in [0.05, 0.1) is 23.1 Å². The number of hydrogen-bond donors (Lipinski definition) is 0. The molecule has 0 saturated heterocycles. The van der Waals surface area contributed by atoms with Crippen molar-refractivity contribution in [2.24, 2.45) is 0 Å². The highest BCUT2D eigenvalue weighted by molar-refractivity contribution is 7.21. The molecule has 2 rings (SSSR count). The molecule has 0 aromatic carbocycles. The Bertz CT molecular complexity index is 504. The first-order valence-corrected chi connectivity index (χ1v) is 6.82. The van der Waals surface area contributed by atoms with Crippen LogP contribution in [0.15, 0.2) is 17.5 Å². The number of thiophene rings is 1. The Morgan fingerprint density at radius 3 is 2.88 bits per heavy atom. The summed E-state index contributed by atoms with van der Waals surface area (Å²) < 4.78 is 0. The third kappa shape index (κ3) is 2.16. The number of nitriles is 1. The van der Waals surface area contributed by atoms with E-state index >= 15 is 0 Å². The summed E-state index contributed by atoms with van der Waals surface area (Å²) in [5.74, 6) is 0.383.